The maximum absolute atomic E-state index is 5.74. The largest absolute Gasteiger partial charge is 0.376 e. The van der Waals surface area contributed by atoms with E-state index in [0.29, 0.717) is 6.10 Å². The van der Waals surface area contributed by atoms with E-state index in [1.807, 2.05) is 11.8 Å². The predicted molar refractivity (Wildman–Crippen MR) is 61.0 cm³/mol. The lowest BCUT2D eigenvalue weighted by atomic mass is 10.3. The van der Waals surface area contributed by atoms with Crippen LogP contribution in [0.5, 0.6) is 0 Å². The summed E-state index contributed by atoms with van der Waals surface area (Å²) in [6.07, 6.45) is 5.75. The number of ether oxygens (including phenoxy) is 1. The molecule has 0 aromatic carbocycles. The molecule has 1 fully saturated rings. The summed E-state index contributed by atoms with van der Waals surface area (Å²) in [4.78, 5) is 4.32. The first-order chi connectivity index (χ1) is 6.95. The summed E-state index contributed by atoms with van der Waals surface area (Å²) in [5.74, 6) is 1.13. The molecule has 1 saturated carbocycles. The summed E-state index contributed by atoms with van der Waals surface area (Å²) in [5, 5.41) is 4.39. The molecule has 0 atom stereocenters. The van der Waals surface area contributed by atoms with E-state index in [1.165, 1.54) is 25.7 Å². The summed E-state index contributed by atoms with van der Waals surface area (Å²) >= 11 is 1.81. The molecule has 1 N–H and O–H groups in total. The van der Waals surface area contributed by atoms with Crippen LogP contribution in [0.3, 0.4) is 0 Å². The van der Waals surface area contributed by atoms with Crippen LogP contribution in [-0.2, 0) is 4.74 Å². The zero-order valence-corrected chi connectivity index (χ0v) is 9.31. The number of hydrogen-bond donors (Lipinski definition) is 1. The van der Waals surface area contributed by atoms with Gasteiger partial charge in [0.2, 0.25) is 0 Å². The van der Waals surface area contributed by atoms with E-state index < -0.39 is 0 Å². The van der Waals surface area contributed by atoms with Crippen LogP contribution in [0.4, 0.5) is 0 Å². The maximum atomic E-state index is 5.74. The number of nitrogens with one attached hydrogen (secondary N) is 1. The van der Waals surface area contributed by atoms with Crippen LogP contribution in [0.2, 0.25) is 0 Å². The van der Waals surface area contributed by atoms with Gasteiger partial charge in [-0.2, -0.15) is 0 Å². The highest BCUT2D eigenvalue weighted by molar-refractivity contribution is 8.14. The van der Waals surface area contributed by atoms with Crippen LogP contribution in [0, 0.1) is 0 Å². The van der Waals surface area contributed by atoms with Gasteiger partial charge in [-0.3, -0.25) is 4.99 Å². The van der Waals surface area contributed by atoms with Crippen molar-refractivity contribution in [3.63, 3.8) is 0 Å². The quantitative estimate of drug-likeness (QED) is 0.722. The van der Waals surface area contributed by atoms with Crippen molar-refractivity contribution < 1.29 is 4.74 Å². The van der Waals surface area contributed by atoms with Gasteiger partial charge in [0.05, 0.1) is 19.3 Å². The average Bonchev–Trinajstić information content (AvgIpc) is 2.86. The van der Waals surface area contributed by atoms with Gasteiger partial charge in [0, 0.05) is 12.3 Å². The summed E-state index contributed by atoms with van der Waals surface area (Å²) < 4.78 is 5.74. The molecule has 4 heteroatoms. The van der Waals surface area contributed by atoms with E-state index in [-0.39, 0.29) is 0 Å². The molecule has 0 amide bonds. The predicted octanol–water partition coefficient (Wildman–Crippen LogP) is 1.64. The second-order valence-corrected chi connectivity index (χ2v) is 4.82. The first-order valence-corrected chi connectivity index (χ1v) is 6.46. The van der Waals surface area contributed by atoms with Gasteiger partial charge < -0.3 is 10.1 Å². The molecule has 0 unspecified atom stereocenters. The fraction of sp³-hybridized carbons (Fsp3) is 0.900. The van der Waals surface area contributed by atoms with E-state index in [2.05, 4.69) is 10.3 Å². The van der Waals surface area contributed by atoms with Gasteiger partial charge in [-0.25, -0.2) is 0 Å². The number of amidine groups is 1. The van der Waals surface area contributed by atoms with Gasteiger partial charge in [0.25, 0.3) is 0 Å². The van der Waals surface area contributed by atoms with Gasteiger partial charge in [0.15, 0.2) is 5.17 Å². The Morgan fingerprint density at radius 2 is 2.29 bits per heavy atom. The molecule has 1 aliphatic carbocycles. The number of rotatable bonds is 4. The van der Waals surface area contributed by atoms with E-state index in [0.717, 1.165) is 30.6 Å². The molecule has 0 spiro atoms. The zero-order chi connectivity index (χ0) is 9.64. The number of aliphatic imine (C=N–C) groups is 1. The fourth-order valence-electron chi connectivity index (χ4n) is 1.88. The lowest BCUT2D eigenvalue weighted by Gasteiger charge is -2.11. The summed E-state index contributed by atoms with van der Waals surface area (Å²) in [5.41, 5.74) is 0. The van der Waals surface area contributed by atoms with Gasteiger partial charge in [-0.1, -0.05) is 24.6 Å². The standard InChI is InChI=1S/C10H18N2OS/c1-2-4-9(3-1)13-7-5-11-10-12-6-8-14-10/h9H,1-8H2,(H,11,12). The van der Waals surface area contributed by atoms with Crippen molar-refractivity contribution in [1.82, 2.24) is 5.32 Å². The molecule has 2 aliphatic rings. The van der Waals surface area contributed by atoms with Crippen molar-refractivity contribution in [3.8, 4) is 0 Å². The number of nitrogens with zero attached hydrogens (tertiary/aromatic N) is 1. The molecule has 2 rings (SSSR count). The van der Waals surface area contributed by atoms with E-state index in [1.54, 1.807) is 0 Å². The fourth-order valence-corrected chi connectivity index (χ4v) is 2.64. The Kier molecular flexibility index (Phi) is 4.13. The van der Waals surface area contributed by atoms with Crippen LogP contribution in [0.25, 0.3) is 0 Å². The van der Waals surface area contributed by atoms with Crippen molar-refractivity contribution in [2.75, 3.05) is 25.4 Å². The van der Waals surface area contributed by atoms with E-state index in [4.69, 9.17) is 4.74 Å². The lowest BCUT2D eigenvalue weighted by molar-refractivity contribution is 0.0624. The average molecular weight is 214 g/mol. The third-order valence-electron chi connectivity index (χ3n) is 2.62. The minimum atomic E-state index is 0.537. The van der Waals surface area contributed by atoms with Crippen molar-refractivity contribution in [3.05, 3.63) is 0 Å². The van der Waals surface area contributed by atoms with Crippen molar-refractivity contribution in [2.24, 2.45) is 4.99 Å². The smallest absolute Gasteiger partial charge is 0.156 e. The molecule has 1 heterocycles. The van der Waals surface area contributed by atoms with Crippen molar-refractivity contribution in [2.45, 2.75) is 31.8 Å². The summed E-state index contributed by atoms with van der Waals surface area (Å²) in [6, 6.07) is 0. The number of thioether (sulfide) groups is 1. The molecule has 14 heavy (non-hydrogen) atoms. The molecule has 0 radical (unpaired) electrons. The third-order valence-corrected chi connectivity index (χ3v) is 3.55. The molecular formula is C10H18N2OS. The highest BCUT2D eigenvalue weighted by Gasteiger charge is 2.14. The van der Waals surface area contributed by atoms with Gasteiger partial charge >= 0.3 is 0 Å². The Morgan fingerprint density at radius 1 is 1.43 bits per heavy atom. The van der Waals surface area contributed by atoms with Gasteiger partial charge in [0.1, 0.15) is 0 Å². The summed E-state index contributed by atoms with van der Waals surface area (Å²) in [7, 11) is 0. The topological polar surface area (TPSA) is 33.6 Å². The molecule has 3 nitrogen and oxygen atoms in total. The molecule has 0 aromatic rings. The monoisotopic (exact) mass is 214 g/mol. The summed E-state index contributed by atoms with van der Waals surface area (Å²) in [6.45, 7) is 2.70. The Hall–Kier alpha value is -0.220. The first-order valence-electron chi connectivity index (χ1n) is 5.48. The second kappa shape index (κ2) is 5.61. The molecule has 0 bridgehead atoms. The van der Waals surface area contributed by atoms with Crippen LogP contribution < -0.4 is 5.32 Å². The van der Waals surface area contributed by atoms with Crippen LogP contribution in [0.15, 0.2) is 4.99 Å². The second-order valence-electron chi connectivity index (χ2n) is 3.74. The molecule has 0 saturated heterocycles. The minimum Gasteiger partial charge on any atom is -0.376 e. The van der Waals surface area contributed by atoms with E-state index in [9.17, 15) is 0 Å². The first kappa shape index (κ1) is 10.3. The zero-order valence-electron chi connectivity index (χ0n) is 8.50. The third kappa shape index (κ3) is 3.17. The Morgan fingerprint density at radius 3 is 3.00 bits per heavy atom. The Balaban J connectivity index is 1.50. The molecule has 1 aliphatic heterocycles. The maximum Gasteiger partial charge on any atom is 0.156 e. The highest BCUT2D eigenvalue weighted by atomic mass is 32.2. The number of hydrogen-bond acceptors (Lipinski definition) is 4. The van der Waals surface area contributed by atoms with Crippen LogP contribution >= 0.6 is 11.8 Å². The van der Waals surface area contributed by atoms with Gasteiger partial charge in [-0.05, 0) is 12.8 Å². The molecular weight excluding hydrogens is 196 g/mol. The van der Waals surface area contributed by atoms with E-state index >= 15 is 0 Å². The highest BCUT2D eigenvalue weighted by Crippen LogP contribution is 2.20. The van der Waals surface area contributed by atoms with Crippen LogP contribution in [-0.4, -0.2) is 36.7 Å². The molecule has 80 valence electrons. The molecule has 0 aromatic heterocycles. The lowest BCUT2D eigenvalue weighted by Crippen LogP contribution is -2.25. The Bertz CT molecular complexity index is 202. The van der Waals surface area contributed by atoms with Crippen LogP contribution in [0.1, 0.15) is 25.7 Å². The Labute approximate surface area is 89.7 Å². The van der Waals surface area contributed by atoms with Crippen molar-refractivity contribution in [1.29, 1.82) is 0 Å². The van der Waals surface area contributed by atoms with Crippen molar-refractivity contribution >= 4 is 16.9 Å². The van der Waals surface area contributed by atoms with Gasteiger partial charge in [-0.15, -0.1) is 0 Å². The minimum absolute atomic E-state index is 0.537. The SMILES string of the molecule is C1CCC(OCCNC2=NCCS2)C1. The normalized spacial score (nSPS) is 22.7.